The molecule has 196 valence electrons. The number of nitrogens with zero attached hydrogens (tertiary/aromatic N) is 3. The van der Waals surface area contributed by atoms with E-state index in [0.29, 0.717) is 12.1 Å². The number of para-hydroxylation sites is 2. The summed E-state index contributed by atoms with van der Waals surface area (Å²) in [6, 6.07) is 6.61. The van der Waals surface area contributed by atoms with E-state index in [1.807, 2.05) is 0 Å². The first-order valence-electron chi connectivity index (χ1n) is 10.3. The standard InChI is InChI=1S/C22H17F4N3O8/c1-3-35-20(31)11-36-15-6-4-5-7-16(15)37-17-9-13(12(23)8-14(17)29(33)34)28-19(30)10-18(22(24,25)26)27(2)21(28)32/h4-10H,3,11H2,1-2H3. The second-order valence-corrected chi connectivity index (χ2v) is 7.21. The van der Waals surface area contributed by atoms with E-state index in [0.717, 1.165) is 7.05 Å². The molecule has 0 aliphatic heterocycles. The first-order valence-corrected chi connectivity index (χ1v) is 10.3. The molecule has 37 heavy (non-hydrogen) atoms. The van der Waals surface area contributed by atoms with Crippen molar-refractivity contribution in [1.29, 1.82) is 0 Å². The molecule has 11 nitrogen and oxygen atoms in total. The van der Waals surface area contributed by atoms with Crippen LogP contribution in [0.25, 0.3) is 5.69 Å². The zero-order valence-corrected chi connectivity index (χ0v) is 19.1. The Morgan fingerprint density at radius 1 is 1.08 bits per heavy atom. The van der Waals surface area contributed by atoms with Gasteiger partial charge in [-0.15, -0.1) is 0 Å². The Labute approximate surface area is 204 Å². The molecule has 2 aromatic carbocycles. The summed E-state index contributed by atoms with van der Waals surface area (Å²) in [5.74, 6) is -3.10. The van der Waals surface area contributed by atoms with Crippen LogP contribution in [0.4, 0.5) is 23.2 Å². The first kappa shape index (κ1) is 26.9. The van der Waals surface area contributed by atoms with Crippen molar-refractivity contribution in [2.75, 3.05) is 13.2 Å². The van der Waals surface area contributed by atoms with Crippen molar-refractivity contribution in [2.45, 2.75) is 13.1 Å². The van der Waals surface area contributed by atoms with Crippen LogP contribution in [0.2, 0.25) is 0 Å². The number of aromatic nitrogens is 2. The first-order chi connectivity index (χ1) is 17.3. The summed E-state index contributed by atoms with van der Waals surface area (Å²) in [5.41, 5.74) is -6.50. The van der Waals surface area contributed by atoms with Crippen molar-refractivity contribution in [3.8, 4) is 22.9 Å². The molecular formula is C22H17F4N3O8. The molecule has 0 saturated heterocycles. The van der Waals surface area contributed by atoms with Crippen LogP contribution in [0.3, 0.4) is 0 Å². The average Bonchev–Trinajstić information content (AvgIpc) is 2.82. The predicted molar refractivity (Wildman–Crippen MR) is 118 cm³/mol. The number of esters is 1. The molecule has 3 aromatic rings. The highest BCUT2D eigenvalue weighted by Gasteiger charge is 2.35. The Kier molecular flexibility index (Phi) is 7.64. The summed E-state index contributed by atoms with van der Waals surface area (Å²) >= 11 is 0. The fourth-order valence-corrected chi connectivity index (χ4v) is 3.16. The van der Waals surface area contributed by atoms with Crippen LogP contribution in [-0.4, -0.2) is 33.2 Å². The molecule has 1 aromatic heterocycles. The number of carbonyl (C=O) groups excluding carboxylic acids is 1. The van der Waals surface area contributed by atoms with Gasteiger partial charge >= 0.3 is 23.5 Å². The van der Waals surface area contributed by atoms with Crippen molar-refractivity contribution >= 4 is 11.7 Å². The average molecular weight is 527 g/mol. The molecule has 0 fully saturated rings. The Morgan fingerprint density at radius 2 is 1.73 bits per heavy atom. The number of ether oxygens (including phenoxy) is 3. The number of nitro benzene ring substituents is 1. The van der Waals surface area contributed by atoms with E-state index in [1.54, 1.807) is 6.92 Å². The van der Waals surface area contributed by atoms with Crippen LogP contribution in [0.5, 0.6) is 17.2 Å². The lowest BCUT2D eigenvalue weighted by Crippen LogP contribution is -2.41. The van der Waals surface area contributed by atoms with Crippen LogP contribution in [0, 0.1) is 15.9 Å². The van der Waals surface area contributed by atoms with E-state index < -0.39 is 63.6 Å². The fraction of sp³-hybridized carbons (Fsp3) is 0.227. The largest absolute Gasteiger partial charge is 0.478 e. The normalized spacial score (nSPS) is 11.2. The molecule has 0 bridgehead atoms. The molecule has 15 heteroatoms. The topological polar surface area (TPSA) is 132 Å². The van der Waals surface area contributed by atoms with Crippen molar-refractivity contribution in [2.24, 2.45) is 7.05 Å². The van der Waals surface area contributed by atoms with Gasteiger partial charge in [-0.2, -0.15) is 13.2 Å². The summed E-state index contributed by atoms with van der Waals surface area (Å²) in [7, 11) is 0.721. The van der Waals surface area contributed by atoms with Crippen LogP contribution < -0.4 is 20.7 Å². The molecule has 0 radical (unpaired) electrons. The summed E-state index contributed by atoms with van der Waals surface area (Å²) in [4.78, 5) is 47.1. The van der Waals surface area contributed by atoms with Gasteiger partial charge in [0.1, 0.15) is 5.69 Å². The van der Waals surface area contributed by atoms with Crippen LogP contribution in [-0.2, 0) is 22.8 Å². The maximum atomic E-state index is 14.8. The molecule has 0 atom stereocenters. The number of hydrogen-bond acceptors (Lipinski definition) is 8. The van der Waals surface area contributed by atoms with Gasteiger partial charge in [0, 0.05) is 19.2 Å². The third-order valence-corrected chi connectivity index (χ3v) is 4.80. The lowest BCUT2D eigenvalue weighted by Gasteiger charge is -2.16. The van der Waals surface area contributed by atoms with Gasteiger partial charge in [-0.1, -0.05) is 12.1 Å². The Hall–Kier alpha value is -4.69. The summed E-state index contributed by atoms with van der Waals surface area (Å²) < 4.78 is 70.0. The van der Waals surface area contributed by atoms with E-state index in [1.165, 1.54) is 24.3 Å². The minimum Gasteiger partial charge on any atom is -0.478 e. The molecule has 0 saturated carbocycles. The highest BCUT2D eigenvalue weighted by molar-refractivity contribution is 5.71. The minimum absolute atomic E-state index is 0.0710. The van der Waals surface area contributed by atoms with Gasteiger partial charge in [0.2, 0.25) is 5.75 Å². The highest BCUT2D eigenvalue weighted by atomic mass is 19.4. The second-order valence-electron chi connectivity index (χ2n) is 7.21. The van der Waals surface area contributed by atoms with Gasteiger partial charge in [0.25, 0.3) is 5.56 Å². The summed E-state index contributed by atoms with van der Waals surface area (Å²) in [6.45, 7) is 1.13. The number of carbonyl (C=O) groups is 1. The molecular weight excluding hydrogens is 510 g/mol. The zero-order valence-electron chi connectivity index (χ0n) is 19.1. The highest BCUT2D eigenvalue weighted by Crippen LogP contribution is 2.38. The molecule has 0 aliphatic carbocycles. The van der Waals surface area contributed by atoms with Crippen molar-refractivity contribution in [3.05, 3.63) is 84.9 Å². The molecule has 0 unspecified atom stereocenters. The third kappa shape index (κ3) is 5.76. The van der Waals surface area contributed by atoms with E-state index in [-0.39, 0.29) is 33.3 Å². The van der Waals surface area contributed by atoms with Gasteiger partial charge in [-0.05, 0) is 19.1 Å². The summed E-state index contributed by atoms with van der Waals surface area (Å²) in [5, 5.41) is 11.5. The molecule has 0 spiro atoms. The number of halogens is 4. The molecule has 0 amide bonds. The number of hydrogen-bond donors (Lipinski definition) is 0. The van der Waals surface area contributed by atoms with Crippen molar-refractivity contribution in [1.82, 2.24) is 9.13 Å². The molecule has 0 aliphatic rings. The van der Waals surface area contributed by atoms with Crippen molar-refractivity contribution in [3.63, 3.8) is 0 Å². The lowest BCUT2D eigenvalue weighted by molar-refractivity contribution is -0.385. The number of benzene rings is 2. The monoisotopic (exact) mass is 527 g/mol. The smallest absolute Gasteiger partial charge is 0.431 e. The Morgan fingerprint density at radius 3 is 2.32 bits per heavy atom. The van der Waals surface area contributed by atoms with Gasteiger partial charge in [-0.25, -0.2) is 18.5 Å². The van der Waals surface area contributed by atoms with E-state index in [9.17, 15) is 42.1 Å². The quantitative estimate of drug-likeness (QED) is 0.189. The fourth-order valence-electron chi connectivity index (χ4n) is 3.16. The van der Waals surface area contributed by atoms with Crippen LogP contribution in [0.1, 0.15) is 12.6 Å². The maximum absolute atomic E-state index is 14.8. The van der Waals surface area contributed by atoms with E-state index in [2.05, 4.69) is 0 Å². The minimum atomic E-state index is -5.05. The maximum Gasteiger partial charge on any atom is 0.431 e. The number of rotatable bonds is 8. The van der Waals surface area contributed by atoms with E-state index >= 15 is 0 Å². The molecule has 0 N–H and O–H groups in total. The van der Waals surface area contributed by atoms with Crippen molar-refractivity contribution < 1.29 is 41.5 Å². The summed E-state index contributed by atoms with van der Waals surface area (Å²) in [6.07, 6.45) is -5.05. The van der Waals surface area contributed by atoms with Crippen LogP contribution in [0.15, 0.2) is 52.1 Å². The lowest BCUT2D eigenvalue weighted by atomic mass is 10.2. The van der Waals surface area contributed by atoms with Gasteiger partial charge in [0.05, 0.1) is 23.3 Å². The Bertz CT molecular complexity index is 1480. The van der Waals surface area contributed by atoms with Gasteiger partial charge < -0.3 is 14.2 Å². The third-order valence-electron chi connectivity index (χ3n) is 4.80. The second kappa shape index (κ2) is 10.5. The van der Waals surface area contributed by atoms with Gasteiger partial charge in [0.15, 0.2) is 23.9 Å². The van der Waals surface area contributed by atoms with Gasteiger partial charge in [-0.3, -0.25) is 19.5 Å². The zero-order chi connectivity index (χ0) is 27.5. The molecule has 3 rings (SSSR count). The van der Waals surface area contributed by atoms with Crippen LogP contribution >= 0.6 is 0 Å². The number of nitro groups is 1. The SMILES string of the molecule is CCOC(=O)COc1ccccc1Oc1cc(-n2c(=O)cc(C(F)(F)F)n(C)c2=O)c(F)cc1[N+](=O)[O-]. The number of alkyl halides is 3. The van der Waals surface area contributed by atoms with E-state index in [4.69, 9.17) is 14.2 Å². The predicted octanol–water partition coefficient (Wildman–Crippen LogP) is 3.34. The Balaban J connectivity index is 2.13. The molecule has 1 heterocycles.